The molecule has 2 heterocycles. The number of benzene rings is 1. The van der Waals surface area contributed by atoms with E-state index in [2.05, 4.69) is 27.5 Å². The van der Waals surface area contributed by atoms with Gasteiger partial charge >= 0.3 is 0 Å². The zero-order valence-corrected chi connectivity index (χ0v) is 13.6. The lowest BCUT2D eigenvalue weighted by Crippen LogP contribution is -2.17. The molecule has 0 saturated carbocycles. The van der Waals surface area contributed by atoms with Crippen molar-refractivity contribution in [1.29, 1.82) is 0 Å². The number of aromatic amines is 1. The van der Waals surface area contributed by atoms with E-state index < -0.39 is 0 Å². The number of carbonyl (C=O) groups is 1. The number of anilines is 1. The quantitative estimate of drug-likeness (QED) is 0.851. The summed E-state index contributed by atoms with van der Waals surface area (Å²) >= 11 is 1.68. The molecule has 1 amide bonds. The fourth-order valence-corrected chi connectivity index (χ4v) is 3.20. The second-order valence-electron chi connectivity index (χ2n) is 5.53. The van der Waals surface area contributed by atoms with Gasteiger partial charge in [-0.05, 0) is 63.0 Å². The van der Waals surface area contributed by atoms with Crippen LogP contribution >= 0.6 is 11.8 Å². The van der Waals surface area contributed by atoms with Gasteiger partial charge in [0, 0.05) is 10.6 Å². The number of aromatic nitrogens is 2. The Morgan fingerprint density at radius 3 is 2.82 bits per heavy atom. The number of hydrogen-bond donors (Lipinski definition) is 2. The van der Waals surface area contributed by atoms with Crippen LogP contribution in [0.2, 0.25) is 0 Å². The number of nitrogens with one attached hydrogen (secondary N) is 2. The Hall–Kier alpha value is -1.79. The highest BCUT2D eigenvalue weighted by molar-refractivity contribution is 7.98. The van der Waals surface area contributed by atoms with Crippen LogP contribution in [0.3, 0.4) is 0 Å². The van der Waals surface area contributed by atoms with Gasteiger partial charge in [0.05, 0.1) is 11.7 Å². The molecule has 3 rings (SSSR count). The first-order chi connectivity index (χ1) is 10.7. The van der Waals surface area contributed by atoms with Gasteiger partial charge in [-0.1, -0.05) is 0 Å². The first-order valence-electron chi connectivity index (χ1n) is 7.38. The third-order valence-electron chi connectivity index (χ3n) is 4.06. The summed E-state index contributed by atoms with van der Waals surface area (Å²) in [5.74, 6) is -0.181. The number of thioether (sulfide) groups is 1. The summed E-state index contributed by atoms with van der Waals surface area (Å²) in [6.07, 6.45) is 4.32. The Kier molecular flexibility index (Phi) is 4.49. The molecule has 1 atom stereocenters. The van der Waals surface area contributed by atoms with E-state index in [1.54, 1.807) is 11.8 Å². The van der Waals surface area contributed by atoms with Crippen LogP contribution in [0.4, 0.5) is 5.69 Å². The van der Waals surface area contributed by atoms with Crippen molar-refractivity contribution in [3.63, 3.8) is 0 Å². The Balaban J connectivity index is 1.68. The van der Waals surface area contributed by atoms with E-state index in [4.69, 9.17) is 0 Å². The molecule has 1 aliphatic rings. The van der Waals surface area contributed by atoms with Crippen molar-refractivity contribution in [1.82, 2.24) is 15.1 Å². The second-order valence-corrected chi connectivity index (χ2v) is 6.41. The molecule has 1 unspecified atom stereocenters. The number of nitrogens with zero attached hydrogens (tertiary/aromatic N) is 2. The van der Waals surface area contributed by atoms with Crippen LogP contribution in [0.5, 0.6) is 0 Å². The molecule has 0 bridgehead atoms. The van der Waals surface area contributed by atoms with Crippen LogP contribution in [0.25, 0.3) is 0 Å². The highest BCUT2D eigenvalue weighted by Gasteiger charge is 2.25. The van der Waals surface area contributed by atoms with E-state index in [1.807, 2.05) is 36.6 Å². The van der Waals surface area contributed by atoms with Crippen LogP contribution in [0, 0.1) is 0 Å². The van der Waals surface area contributed by atoms with E-state index in [-0.39, 0.29) is 5.91 Å². The number of rotatable bonds is 4. The summed E-state index contributed by atoms with van der Waals surface area (Å²) in [4.78, 5) is 15.7. The van der Waals surface area contributed by atoms with E-state index in [0.717, 1.165) is 24.3 Å². The molecule has 0 radical (unpaired) electrons. The van der Waals surface area contributed by atoms with E-state index >= 15 is 0 Å². The third-order valence-corrected chi connectivity index (χ3v) is 4.80. The Bertz CT molecular complexity index is 652. The first-order valence-corrected chi connectivity index (χ1v) is 8.61. The average Bonchev–Trinajstić information content (AvgIpc) is 3.16. The van der Waals surface area contributed by atoms with Gasteiger partial charge in [0.25, 0.3) is 5.91 Å². The Morgan fingerprint density at radius 1 is 1.41 bits per heavy atom. The van der Waals surface area contributed by atoms with E-state index in [9.17, 15) is 4.79 Å². The van der Waals surface area contributed by atoms with Gasteiger partial charge in [-0.25, -0.2) is 0 Å². The van der Waals surface area contributed by atoms with Gasteiger partial charge in [-0.2, -0.15) is 5.10 Å². The van der Waals surface area contributed by atoms with Crippen LogP contribution in [-0.4, -0.2) is 40.9 Å². The van der Waals surface area contributed by atoms with Crippen LogP contribution in [0.1, 0.15) is 35.1 Å². The predicted molar refractivity (Wildman–Crippen MR) is 89.4 cm³/mol. The zero-order chi connectivity index (χ0) is 15.5. The van der Waals surface area contributed by atoms with Crippen molar-refractivity contribution in [2.24, 2.45) is 0 Å². The largest absolute Gasteiger partial charge is 0.321 e. The minimum atomic E-state index is -0.181. The summed E-state index contributed by atoms with van der Waals surface area (Å²) in [7, 11) is 2.10. The van der Waals surface area contributed by atoms with Crippen molar-refractivity contribution in [3.05, 3.63) is 41.7 Å². The van der Waals surface area contributed by atoms with Crippen molar-refractivity contribution in [2.75, 3.05) is 25.2 Å². The Labute approximate surface area is 134 Å². The second kappa shape index (κ2) is 6.54. The summed E-state index contributed by atoms with van der Waals surface area (Å²) in [5, 5.41) is 10.0. The predicted octanol–water partition coefficient (Wildman–Crippen LogP) is 3.15. The van der Waals surface area contributed by atoms with Crippen molar-refractivity contribution >= 4 is 23.4 Å². The summed E-state index contributed by atoms with van der Waals surface area (Å²) in [6, 6.07) is 9.99. The molecule has 1 fully saturated rings. The van der Waals surface area contributed by atoms with Gasteiger partial charge in [0.1, 0.15) is 0 Å². The molecule has 0 spiro atoms. The van der Waals surface area contributed by atoms with Crippen LogP contribution < -0.4 is 5.32 Å². The SMILES string of the molecule is CSc1ccc(NC(=O)c2cc(C3CCCN3C)[nH]n2)cc1. The molecule has 5 nitrogen and oxygen atoms in total. The number of likely N-dealkylation sites (tertiary alicyclic amines) is 1. The maximum absolute atomic E-state index is 12.3. The molecule has 1 aromatic heterocycles. The smallest absolute Gasteiger partial charge is 0.276 e. The molecular weight excluding hydrogens is 296 g/mol. The van der Waals surface area contributed by atoms with Gasteiger partial charge in [0.2, 0.25) is 0 Å². The van der Waals surface area contributed by atoms with Gasteiger partial charge < -0.3 is 5.32 Å². The molecular formula is C16H20N4OS. The van der Waals surface area contributed by atoms with Gasteiger partial charge in [-0.15, -0.1) is 11.8 Å². The normalized spacial score (nSPS) is 18.5. The van der Waals surface area contributed by atoms with E-state index in [0.29, 0.717) is 11.7 Å². The fraction of sp³-hybridized carbons (Fsp3) is 0.375. The molecule has 6 heteroatoms. The molecule has 116 valence electrons. The molecule has 1 saturated heterocycles. The highest BCUT2D eigenvalue weighted by atomic mass is 32.2. The maximum atomic E-state index is 12.3. The van der Waals surface area contributed by atoms with Crippen molar-refractivity contribution < 1.29 is 4.79 Å². The number of H-pyrrole nitrogens is 1. The van der Waals surface area contributed by atoms with Crippen LogP contribution in [0.15, 0.2) is 35.2 Å². The first kappa shape index (κ1) is 15.1. The molecule has 2 N–H and O–H groups in total. The minimum absolute atomic E-state index is 0.181. The Morgan fingerprint density at radius 2 is 2.18 bits per heavy atom. The van der Waals surface area contributed by atoms with Crippen LogP contribution in [-0.2, 0) is 0 Å². The lowest BCUT2D eigenvalue weighted by atomic mass is 10.1. The number of hydrogen-bond acceptors (Lipinski definition) is 4. The monoisotopic (exact) mass is 316 g/mol. The molecule has 22 heavy (non-hydrogen) atoms. The van der Waals surface area contributed by atoms with Gasteiger partial charge in [0.15, 0.2) is 5.69 Å². The summed E-state index contributed by atoms with van der Waals surface area (Å²) in [5.41, 5.74) is 2.23. The maximum Gasteiger partial charge on any atom is 0.276 e. The summed E-state index contributed by atoms with van der Waals surface area (Å²) < 4.78 is 0. The number of carbonyl (C=O) groups excluding carboxylic acids is 1. The lowest BCUT2D eigenvalue weighted by molar-refractivity contribution is 0.102. The molecule has 1 aromatic carbocycles. The van der Waals surface area contributed by atoms with E-state index in [1.165, 1.54) is 11.3 Å². The zero-order valence-electron chi connectivity index (χ0n) is 12.8. The molecule has 0 aliphatic carbocycles. The molecule has 1 aliphatic heterocycles. The van der Waals surface area contributed by atoms with Crippen molar-refractivity contribution in [3.8, 4) is 0 Å². The third kappa shape index (κ3) is 3.18. The van der Waals surface area contributed by atoms with Crippen molar-refractivity contribution in [2.45, 2.75) is 23.8 Å². The average molecular weight is 316 g/mol. The lowest BCUT2D eigenvalue weighted by Gasteiger charge is -2.16. The minimum Gasteiger partial charge on any atom is -0.321 e. The number of amides is 1. The fourth-order valence-electron chi connectivity index (χ4n) is 2.80. The van der Waals surface area contributed by atoms with Gasteiger partial charge in [-0.3, -0.25) is 14.8 Å². The highest BCUT2D eigenvalue weighted by Crippen LogP contribution is 2.29. The molecule has 2 aromatic rings. The summed E-state index contributed by atoms with van der Waals surface area (Å²) in [6.45, 7) is 1.09. The standard InChI is InChI=1S/C16H20N4OS/c1-20-9-3-4-15(20)13-10-14(19-18-13)16(21)17-11-5-7-12(22-2)8-6-11/h5-8,10,15H,3-4,9H2,1-2H3,(H,17,21)(H,18,19). The topological polar surface area (TPSA) is 61.0 Å².